The monoisotopic (exact) mass is 238 g/mol. The molecule has 17 heavy (non-hydrogen) atoms. The molecule has 0 spiro atoms. The molecule has 4 nitrogen and oxygen atoms in total. The van der Waals surface area contributed by atoms with Gasteiger partial charge in [0.15, 0.2) is 0 Å². The highest BCUT2D eigenvalue weighted by Crippen LogP contribution is 2.24. The van der Waals surface area contributed by atoms with E-state index < -0.39 is 0 Å². The molecule has 0 aromatic carbocycles. The highest BCUT2D eigenvalue weighted by atomic mass is 16.5. The number of rotatable bonds is 5. The van der Waals surface area contributed by atoms with Gasteiger partial charge < -0.3 is 9.84 Å². The topological polar surface area (TPSA) is 45.6 Å². The summed E-state index contributed by atoms with van der Waals surface area (Å²) in [5, 5.41) is 9.11. The first-order valence-corrected chi connectivity index (χ1v) is 5.81. The molecule has 0 aliphatic heterocycles. The largest absolute Gasteiger partial charge is 0.496 e. The van der Waals surface area contributed by atoms with Crippen molar-refractivity contribution in [2.75, 3.05) is 20.8 Å². The van der Waals surface area contributed by atoms with Crippen LogP contribution in [0.4, 0.5) is 0 Å². The van der Waals surface area contributed by atoms with Crippen LogP contribution < -0.4 is 4.74 Å². The van der Waals surface area contributed by atoms with Crippen LogP contribution in [-0.4, -0.2) is 41.8 Å². The third kappa shape index (κ3) is 3.17. The minimum atomic E-state index is 0.128. The van der Waals surface area contributed by atoms with Gasteiger partial charge in [0.1, 0.15) is 5.75 Å². The Morgan fingerprint density at radius 2 is 2.12 bits per heavy atom. The Morgan fingerprint density at radius 1 is 1.47 bits per heavy atom. The minimum Gasteiger partial charge on any atom is -0.496 e. The maximum absolute atomic E-state index is 9.11. The van der Waals surface area contributed by atoms with Crippen LogP contribution in [0.25, 0.3) is 0 Å². The summed E-state index contributed by atoms with van der Waals surface area (Å²) >= 11 is 0. The Labute approximate surface area is 103 Å². The summed E-state index contributed by atoms with van der Waals surface area (Å²) in [5.41, 5.74) is 3.12. The molecule has 0 amide bonds. The summed E-state index contributed by atoms with van der Waals surface area (Å²) in [7, 11) is 3.66. The first-order valence-electron chi connectivity index (χ1n) is 5.81. The molecule has 0 fully saturated rings. The van der Waals surface area contributed by atoms with Crippen molar-refractivity contribution >= 4 is 0 Å². The van der Waals surface area contributed by atoms with Gasteiger partial charge in [0.2, 0.25) is 0 Å². The number of aliphatic hydroxyl groups is 1. The van der Waals surface area contributed by atoms with E-state index in [1.165, 1.54) is 0 Å². The Hall–Kier alpha value is -1.13. The number of pyridine rings is 1. The molecule has 1 atom stereocenters. The molecule has 0 bridgehead atoms. The van der Waals surface area contributed by atoms with Gasteiger partial charge in [-0.3, -0.25) is 9.88 Å². The molecule has 1 aromatic heterocycles. The molecule has 0 aliphatic carbocycles. The molecule has 0 saturated carbocycles. The number of likely N-dealkylation sites (N-methyl/N-ethyl adjacent to an activating group) is 1. The van der Waals surface area contributed by atoms with Crippen molar-refractivity contribution in [3.8, 4) is 5.75 Å². The zero-order valence-corrected chi connectivity index (χ0v) is 11.3. The lowest BCUT2D eigenvalue weighted by molar-refractivity contribution is 0.152. The first-order chi connectivity index (χ1) is 8.01. The molecule has 0 saturated heterocycles. The smallest absolute Gasteiger partial charge is 0.128 e. The van der Waals surface area contributed by atoms with Crippen molar-refractivity contribution < 1.29 is 9.84 Å². The Morgan fingerprint density at radius 3 is 2.65 bits per heavy atom. The minimum absolute atomic E-state index is 0.128. The second kappa shape index (κ2) is 5.98. The van der Waals surface area contributed by atoms with E-state index >= 15 is 0 Å². The number of nitrogens with zero attached hydrogens (tertiary/aromatic N) is 2. The summed E-state index contributed by atoms with van der Waals surface area (Å²) in [4.78, 5) is 6.51. The van der Waals surface area contributed by atoms with Crippen LogP contribution in [0.1, 0.15) is 23.7 Å². The summed E-state index contributed by atoms with van der Waals surface area (Å²) in [6.07, 6.45) is 1.83. The SMILES string of the molecule is COc1c(C)cnc(CN(C)C(C)CO)c1C. The molecular weight excluding hydrogens is 216 g/mol. The third-order valence-electron chi connectivity index (χ3n) is 3.17. The van der Waals surface area contributed by atoms with Gasteiger partial charge in [0.05, 0.1) is 19.4 Å². The number of aryl methyl sites for hydroxylation is 1. The predicted molar refractivity (Wildman–Crippen MR) is 68.3 cm³/mol. The Kier molecular flexibility index (Phi) is 4.90. The van der Waals surface area contributed by atoms with Gasteiger partial charge in [0.25, 0.3) is 0 Å². The average Bonchev–Trinajstić information content (AvgIpc) is 2.32. The van der Waals surface area contributed by atoms with E-state index in [1.54, 1.807) is 7.11 Å². The van der Waals surface area contributed by atoms with Crippen LogP contribution in [-0.2, 0) is 6.54 Å². The maximum atomic E-state index is 9.11. The fraction of sp³-hybridized carbons (Fsp3) is 0.615. The van der Waals surface area contributed by atoms with Crippen molar-refractivity contribution in [3.05, 3.63) is 23.0 Å². The van der Waals surface area contributed by atoms with Crippen molar-refractivity contribution in [1.29, 1.82) is 0 Å². The van der Waals surface area contributed by atoms with E-state index in [2.05, 4.69) is 9.88 Å². The lowest BCUT2D eigenvalue weighted by atomic mass is 10.1. The van der Waals surface area contributed by atoms with Crippen molar-refractivity contribution in [2.24, 2.45) is 0 Å². The molecule has 1 heterocycles. The quantitative estimate of drug-likeness (QED) is 0.845. The van der Waals surface area contributed by atoms with E-state index in [1.807, 2.05) is 34.0 Å². The van der Waals surface area contributed by atoms with E-state index in [-0.39, 0.29) is 12.6 Å². The van der Waals surface area contributed by atoms with Gasteiger partial charge in [-0.05, 0) is 27.8 Å². The van der Waals surface area contributed by atoms with Gasteiger partial charge in [-0.1, -0.05) is 0 Å². The number of aliphatic hydroxyl groups excluding tert-OH is 1. The Balaban J connectivity index is 2.92. The van der Waals surface area contributed by atoms with Crippen LogP contribution in [0.2, 0.25) is 0 Å². The van der Waals surface area contributed by atoms with Gasteiger partial charge in [-0.15, -0.1) is 0 Å². The molecule has 0 aliphatic rings. The number of methoxy groups -OCH3 is 1. The maximum Gasteiger partial charge on any atom is 0.128 e. The van der Waals surface area contributed by atoms with Crippen LogP contribution in [0.3, 0.4) is 0 Å². The van der Waals surface area contributed by atoms with Crippen molar-refractivity contribution in [2.45, 2.75) is 33.4 Å². The van der Waals surface area contributed by atoms with Crippen LogP contribution in [0.5, 0.6) is 5.75 Å². The molecule has 4 heteroatoms. The fourth-order valence-electron chi connectivity index (χ4n) is 1.76. The summed E-state index contributed by atoms with van der Waals surface area (Å²) in [6, 6.07) is 0.128. The Bertz CT molecular complexity index is 380. The van der Waals surface area contributed by atoms with Crippen molar-refractivity contribution in [3.63, 3.8) is 0 Å². The summed E-state index contributed by atoms with van der Waals surface area (Å²) in [6.45, 7) is 6.86. The van der Waals surface area contributed by atoms with E-state index in [9.17, 15) is 0 Å². The lowest BCUT2D eigenvalue weighted by Crippen LogP contribution is -2.32. The predicted octanol–water partition coefficient (Wildman–Crippen LogP) is 1.52. The summed E-state index contributed by atoms with van der Waals surface area (Å²) < 4.78 is 5.38. The first kappa shape index (κ1) is 13.9. The van der Waals surface area contributed by atoms with E-state index in [0.29, 0.717) is 6.54 Å². The van der Waals surface area contributed by atoms with Gasteiger partial charge >= 0.3 is 0 Å². The van der Waals surface area contributed by atoms with E-state index in [4.69, 9.17) is 9.84 Å². The summed E-state index contributed by atoms with van der Waals surface area (Å²) in [5.74, 6) is 0.903. The number of ether oxygens (including phenoxy) is 1. The molecule has 1 unspecified atom stereocenters. The highest BCUT2D eigenvalue weighted by Gasteiger charge is 2.14. The zero-order chi connectivity index (χ0) is 13.0. The fourth-order valence-corrected chi connectivity index (χ4v) is 1.76. The van der Waals surface area contributed by atoms with Gasteiger partial charge in [-0.25, -0.2) is 0 Å². The van der Waals surface area contributed by atoms with Gasteiger partial charge in [-0.2, -0.15) is 0 Å². The van der Waals surface area contributed by atoms with Crippen LogP contribution in [0.15, 0.2) is 6.20 Å². The second-order valence-corrected chi connectivity index (χ2v) is 4.49. The molecular formula is C13H22N2O2. The second-order valence-electron chi connectivity index (χ2n) is 4.49. The standard InChI is InChI=1S/C13H22N2O2/c1-9-6-14-12(11(3)13(9)17-5)7-15(4)10(2)8-16/h6,10,16H,7-8H2,1-5H3. The number of aromatic nitrogens is 1. The van der Waals surface area contributed by atoms with Gasteiger partial charge in [0, 0.05) is 29.9 Å². The van der Waals surface area contributed by atoms with Crippen LogP contribution in [0, 0.1) is 13.8 Å². The number of hydrogen-bond acceptors (Lipinski definition) is 4. The lowest BCUT2D eigenvalue weighted by Gasteiger charge is -2.23. The molecule has 1 N–H and O–H groups in total. The number of hydrogen-bond donors (Lipinski definition) is 1. The average molecular weight is 238 g/mol. The molecule has 0 radical (unpaired) electrons. The van der Waals surface area contributed by atoms with Crippen molar-refractivity contribution in [1.82, 2.24) is 9.88 Å². The van der Waals surface area contributed by atoms with E-state index in [0.717, 1.165) is 22.6 Å². The molecule has 96 valence electrons. The van der Waals surface area contributed by atoms with Crippen LogP contribution >= 0.6 is 0 Å². The third-order valence-corrected chi connectivity index (χ3v) is 3.17. The zero-order valence-electron chi connectivity index (χ0n) is 11.3. The normalized spacial score (nSPS) is 12.9. The molecule has 1 aromatic rings. The highest BCUT2D eigenvalue weighted by molar-refractivity contribution is 5.40. The molecule has 1 rings (SSSR count).